The molecule has 3 amide bonds. The molecule has 4 rings (SSSR count). The van der Waals surface area contributed by atoms with Crippen LogP contribution in [0.5, 0.6) is 0 Å². The molecule has 0 radical (unpaired) electrons. The third-order valence-electron chi connectivity index (χ3n) is 5.76. The van der Waals surface area contributed by atoms with E-state index in [0.717, 1.165) is 17.6 Å². The summed E-state index contributed by atoms with van der Waals surface area (Å²) in [5, 5.41) is 3.66. The van der Waals surface area contributed by atoms with E-state index >= 15 is 0 Å². The molecule has 1 aliphatic heterocycles. The smallest absolute Gasteiger partial charge is 0.343 e. The van der Waals surface area contributed by atoms with Gasteiger partial charge in [0.15, 0.2) is 17.3 Å². The molecule has 3 aromatic heterocycles. The molecule has 0 saturated carbocycles. The van der Waals surface area contributed by atoms with Gasteiger partial charge in [0.2, 0.25) is 5.43 Å². The first kappa shape index (κ1) is 26.8. The third-order valence-corrected chi connectivity index (χ3v) is 5.76. The first-order valence-electron chi connectivity index (χ1n) is 10.9. The molecule has 1 fully saturated rings. The molecular formula is C22H17F7N6O3. The van der Waals surface area contributed by atoms with E-state index < -0.39 is 64.9 Å². The second-order valence-electron chi connectivity index (χ2n) is 8.18. The summed E-state index contributed by atoms with van der Waals surface area (Å²) < 4.78 is 95.4. The van der Waals surface area contributed by atoms with E-state index in [2.05, 4.69) is 15.3 Å². The Morgan fingerprint density at radius 3 is 2.47 bits per heavy atom. The number of carbonyl (C=O) groups is 2. The second-order valence-corrected chi connectivity index (χ2v) is 8.18. The lowest BCUT2D eigenvalue weighted by molar-refractivity contribution is -0.292. The first-order valence-corrected chi connectivity index (χ1v) is 10.9. The van der Waals surface area contributed by atoms with Gasteiger partial charge in [0.05, 0.1) is 11.6 Å². The maximum absolute atomic E-state index is 14.7. The highest BCUT2D eigenvalue weighted by atomic mass is 19.4. The number of carbonyl (C=O) groups excluding carboxylic acids is 2. The van der Waals surface area contributed by atoms with Crippen molar-refractivity contribution in [3.63, 3.8) is 0 Å². The van der Waals surface area contributed by atoms with E-state index in [-0.39, 0.29) is 29.9 Å². The highest BCUT2D eigenvalue weighted by Crippen LogP contribution is 2.39. The number of nitrogens with zero attached hydrogens (tertiary/aromatic N) is 4. The molecule has 1 aliphatic rings. The number of alkyl halides is 5. The van der Waals surface area contributed by atoms with Crippen LogP contribution in [-0.2, 0) is 0 Å². The van der Waals surface area contributed by atoms with Crippen molar-refractivity contribution in [3.8, 4) is 5.82 Å². The van der Waals surface area contributed by atoms with Crippen molar-refractivity contribution in [2.24, 2.45) is 0 Å². The summed E-state index contributed by atoms with van der Waals surface area (Å²) in [6.07, 6.45) is -5.59. The van der Waals surface area contributed by atoms with Crippen LogP contribution in [0, 0.1) is 11.6 Å². The van der Waals surface area contributed by atoms with Crippen LogP contribution >= 0.6 is 0 Å². The largest absolute Gasteiger partial charge is 0.455 e. The van der Waals surface area contributed by atoms with Gasteiger partial charge in [-0.1, -0.05) is 6.92 Å². The van der Waals surface area contributed by atoms with Crippen molar-refractivity contribution in [2.45, 2.75) is 31.5 Å². The third kappa shape index (κ3) is 4.61. The summed E-state index contributed by atoms with van der Waals surface area (Å²) in [4.78, 5) is 46.9. The summed E-state index contributed by atoms with van der Waals surface area (Å²) in [7, 11) is 0. The maximum Gasteiger partial charge on any atom is 0.455 e. The number of hydrogen-bond acceptors (Lipinski definition) is 5. The van der Waals surface area contributed by atoms with Crippen LogP contribution < -0.4 is 21.0 Å². The maximum atomic E-state index is 14.7. The summed E-state index contributed by atoms with van der Waals surface area (Å²) in [5.74, 6) is -9.94. The van der Waals surface area contributed by atoms with Gasteiger partial charge in [-0.05, 0) is 18.6 Å². The van der Waals surface area contributed by atoms with Crippen LogP contribution in [0.3, 0.4) is 0 Å². The van der Waals surface area contributed by atoms with E-state index in [4.69, 9.17) is 0 Å². The normalized spacial score (nSPS) is 15.1. The predicted molar refractivity (Wildman–Crippen MR) is 118 cm³/mol. The molecule has 9 nitrogen and oxygen atoms in total. The molecule has 202 valence electrons. The van der Waals surface area contributed by atoms with E-state index in [9.17, 15) is 45.1 Å². The SMILES string of the molecule is CCC(NC(=O)c1cn(-c2ncc(F)cc2F)c2nc(N3CCNC3=O)ccc2c1=O)C(F)(F)C(F)(F)F. The van der Waals surface area contributed by atoms with Gasteiger partial charge in [-0.2, -0.15) is 22.0 Å². The molecule has 1 unspecified atom stereocenters. The number of pyridine rings is 3. The number of amides is 3. The second kappa shape index (κ2) is 9.57. The van der Waals surface area contributed by atoms with Crippen molar-refractivity contribution < 1.29 is 40.3 Å². The summed E-state index contributed by atoms with van der Waals surface area (Å²) >= 11 is 0. The Hall–Kier alpha value is -4.24. The molecular weight excluding hydrogens is 529 g/mol. The predicted octanol–water partition coefficient (Wildman–Crippen LogP) is 3.29. The minimum absolute atomic E-state index is 0.0104. The number of urea groups is 1. The zero-order valence-corrected chi connectivity index (χ0v) is 19.2. The Morgan fingerprint density at radius 2 is 1.89 bits per heavy atom. The molecule has 2 N–H and O–H groups in total. The Labute approximate surface area is 208 Å². The summed E-state index contributed by atoms with van der Waals surface area (Å²) in [6.45, 7) is 1.44. The van der Waals surface area contributed by atoms with Gasteiger partial charge in [0, 0.05) is 25.4 Å². The standard InChI is InChI=1S/C22H17F7N6O3/c1-2-14(21(25,26)22(27,28)29)32-19(37)12-9-35(18-13(24)7-10(23)8-31-18)17-11(16(12)36)3-4-15(33-17)34-6-5-30-20(34)38/h3-4,7-9,14H,2,5-6H2,1H3,(H,30,38)(H,32,37). The van der Waals surface area contributed by atoms with Gasteiger partial charge in [0.1, 0.15) is 23.2 Å². The summed E-state index contributed by atoms with van der Waals surface area (Å²) in [5.41, 5.74) is -2.42. The Balaban J connectivity index is 1.90. The minimum atomic E-state index is -5.99. The Bertz CT molecular complexity index is 1490. The van der Waals surface area contributed by atoms with Crippen molar-refractivity contribution in [1.82, 2.24) is 25.2 Å². The number of aromatic nitrogens is 3. The molecule has 0 bridgehead atoms. The fraction of sp³-hybridized carbons (Fsp3) is 0.318. The highest BCUT2D eigenvalue weighted by Gasteiger charge is 2.62. The van der Waals surface area contributed by atoms with Crippen LogP contribution in [0.15, 0.2) is 35.4 Å². The monoisotopic (exact) mass is 546 g/mol. The van der Waals surface area contributed by atoms with Crippen LogP contribution in [-0.4, -0.2) is 57.7 Å². The van der Waals surface area contributed by atoms with E-state index in [1.165, 1.54) is 16.3 Å². The fourth-order valence-corrected chi connectivity index (χ4v) is 3.82. The van der Waals surface area contributed by atoms with Crippen LogP contribution in [0.2, 0.25) is 0 Å². The Kier molecular flexibility index (Phi) is 6.75. The van der Waals surface area contributed by atoms with Gasteiger partial charge < -0.3 is 10.6 Å². The lowest BCUT2D eigenvalue weighted by Crippen LogP contribution is -2.55. The lowest BCUT2D eigenvalue weighted by atomic mass is 10.1. The van der Waals surface area contributed by atoms with Crippen LogP contribution in [0.4, 0.5) is 41.3 Å². The van der Waals surface area contributed by atoms with E-state index in [1.54, 1.807) is 0 Å². The molecule has 16 heteroatoms. The minimum Gasteiger partial charge on any atom is -0.343 e. The molecule has 1 saturated heterocycles. The van der Waals surface area contributed by atoms with Crippen LogP contribution in [0.1, 0.15) is 23.7 Å². The van der Waals surface area contributed by atoms with Gasteiger partial charge in [-0.25, -0.2) is 23.5 Å². The van der Waals surface area contributed by atoms with Gasteiger partial charge >= 0.3 is 18.1 Å². The van der Waals surface area contributed by atoms with Gasteiger partial charge in [0.25, 0.3) is 5.91 Å². The Morgan fingerprint density at radius 1 is 1.18 bits per heavy atom. The number of hydrogen-bond donors (Lipinski definition) is 2. The molecule has 0 aromatic carbocycles. The first-order chi connectivity index (χ1) is 17.8. The fourth-order valence-electron chi connectivity index (χ4n) is 3.82. The lowest BCUT2D eigenvalue weighted by Gasteiger charge is -2.28. The molecule has 1 atom stereocenters. The van der Waals surface area contributed by atoms with Crippen molar-refractivity contribution in [2.75, 3.05) is 18.0 Å². The number of anilines is 1. The zero-order valence-electron chi connectivity index (χ0n) is 19.2. The molecule has 38 heavy (non-hydrogen) atoms. The number of halogens is 7. The molecule has 0 aliphatic carbocycles. The van der Waals surface area contributed by atoms with E-state index in [0.29, 0.717) is 18.5 Å². The van der Waals surface area contributed by atoms with Crippen molar-refractivity contribution in [1.29, 1.82) is 0 Å². The topological polar surface area (TPSA) is 109 Å². The van der Waals surface area contributed by atoms with E-state index in [1.807, 2.05) is 0 Å². The number of nitrogens with one attached hydrogen (secondary N) is 2. The molecule has 4 heterocycles. The van der Waals surface area contributed by atoms with Crippen LogP contribution in [0.25, 0.3) is 16.9 Å². The molecule has 3 aromatic rings. The summed E-state index contributed by atoms with van der Waals surface area (Å²) in [6, 6.07) is -0.484. The van der Waals surface area contributed by atoms with Crippen molar-refractivity contribution >= 4 is 28.8 Å². The zero-order chi connectivity index (χ0) is 28.0. The quantitative estimate of drug-likeness (QED) is 0.462. The average molecular weight is 546 g/mol. The van der Waals surface area contributed by atoms with Gasteiger partial charge in [-0.15, -0.1) is 0 Å². The average Bonchev–Trinajstić information content (AvgIpc) is 3.27. The molecule has 0 spiro atoms. The van der Waals surface area contributed by atoms with Crippen molar-refractivity contribution in [3.05, 3.63) is 58.0 Å². The number of rotatable bonds is 6. The highest BCUT2D eigenvalue weighted by molar-refractivity contribution is 5.98. The van der Waals surface area contributed by atoms with Gasteiger partial charge in [-0.3, -0.25) is 19.1 Å². The number of fused-ring (bicyclic) bond motifs is 1.